The van der Waals surface area contributed by atoms with Gasteiger partial charge in [-0.1, -0.05) is 23.9 Å². The Balaban J connectivity index is 0.00000289. The Morgan fingerprint density at radius 1 is 1.23 bits per heavy atom. The fourth-order valence-electron chi connectivity index (χ4n) is 4.25. The van der Waals surface area contributed by atoms with E-state index < -0.39 is 17.3 Å². The number of benzene rings is 1. The van der Waals surface area contributed by atoms with E-state index in [0.29, 0.717) is 35.8 Å². The summed E-state index contributed by atoms with van der Waals surface area (Å²) in [6, 6.07) is 7.52. The van der Waals surface area contributed by atoms with Crippen molar-refractivity contribution in [2.45, 2.75) is 5.54 Å². The summed E-state index contributed by atoms with van der Waals surface area (Å²) in [5.41, 5.74) is 7.18. The zero-order chi connectivity index (χ0) is 23.7. The van der Waals surface area contributed by atoms with Gasteiger partial charge in [-0.15, -0.1) is 12.4 Å². The summed E-state index contributed by atoms with van der Waals surface area (Å²) >= 11 is 1.51. The van der Waals surface area contributed by atoms with Crippen LogP contribution in [0.1, 0.15) is 16.1 Å². The Labute approximate surface area is 211 Å². The number of amidine groups is 1. The Morgan fingerprint density at radius 3 is 2.74 bits per heavy atom. The second-order valence-corrected chi connectivity index (χ2v) is 8.98. The van der Waals surface area contributed by atoms with E-state index in [9.17, 15) is 9.18 Å². The van der Waals surface area contributed by atoms with Crippen LogP contribution >= 0.6 is 24.2 Å². The second-order valence-electron chi connectivity index (χ2n) is 7.94. The first kappa shape index (κ1) is 24.6. The minimum Gasteiger partial charge on any atom is -0.480 e. The molecule has 35 heavy (non-hydrogen) atoms. The lowest BCUT2D eigenvalue weighted by atomic mass is 9.81. The van der Waals surface area contributed by atoms with Crippen LogP contribution in [0.5, 0.6) is 5.88 Å². The van der Waals surface area contributed by atoms with E-state index in [1.165, 1.54) is 31.3 Å². The number of nitrogens with one attached hydrogen (secondary N) is 1. The smallest absolute Gasteiger partial charge is 0.275 e. The van der Waals surface area contributed by atoms with Crippen LogP contribution in [0.15, 0.2) is 54.0 Å². The van der Waals surface area contributed by atoms with E-state index in [1.807, 2.05) is 23.1 Å². The van der Waals surface area contributed by atoms with Gasteiger partial charge in [-0.3, -0.25) is 4.79 Å². The number of hydrogen-bond acceptors (Lipinski definition) is 10. The minimum absolute atomic E-state index is 0. The van der Waals surface area contributed by atoms with E-state index in [1.54, 1.807) is 6.07 Å². The van der Waals surface area contributed by atoms with Gasteiger partial charge in [-0.25, -0.2) is 29.3 Å². The first-order valence-corrected chi connectivity index (χ1v) is 11.4. The van der Waals surface area contributed by atoms with Crippen LogP contribution in [0, 0.1) is 11.7 Å². The number of fused-ring (bicyclic) bond motifs is 1. The van der Waals surface area contributed by atoms with Crippen LogP contribution in [0.3, 0.4) is 0 Å². The van der Waals surface area contributed by atoms with Crippen molar-refractivity contribution in [2.75, 3.05) is 36.2 Å². The number of ether oxygens (including phenoxy) is 1. The van der Waals surface area contributed by atoms with Crippen molar-refractivity contribution < 1.29 is 13.9 Å². The molecule has 1 amide bonds. The second kappa shape index (κ2) is 10.0. The van der Waals surface area contributed by atoms with E-state index in [0.717, 1.165) is 23.7 Å². The molecule has 182 valence electrons. The Kier molecular flexibility index (Phi) is 7.03. The van der Waals surface area contributed by atoms with Crippen LogP contribution < -0.4 is 20.7 Å². The molecule has 4 heterocycles. The molecule has 0 aliphatic carbocycles. The van der Waals surface area contributed by atoms with E-state index in [-0.39, 0.29) is 24.0 Å². The minimum atomic E-state index is -0.645. The molecule has 1 fully saturated rings. The van der Waals surface area contributed by atoms with Crippen LogP contribution in [-0.4, -0.2) is 57.0 Å². The van der Waals surface area contributed by atoms with Gasteiger partial charge in [0.2, 0.25) is 11.8 Å². The summed E-state index contributed by atoms with van der Waals surface area (Å²) in [7, 11) is 1.48. The molecular formula is C22H22ClFN8O2S. The lowest BCUT2D eigenvalue weighted by Gasteiger charge is -2.34. The zero-order valence-corrected chi connectivity index (χ0v) is 20.2. The number of nitrogens with two attached hydrogens (primary N) is 1. The third-order valence-electron chi connectivity index (χ3n) is 5.87. The molecule has 0 bridgehead atoms. The zero-order valence-electron chi connectivity index (χ0n) is 18.6. The van der Waals surface area contributed by atoms with Gasteiger partial charge < -0.3 is 20.7 Å². The molecule has 3 aromatic rings. The molecule has 2 atom stereocenters. The molecule has 2 aromatic heterocycles. The van der Waals surface area contributed by atoms with Gasteiger partial charge in [0.15, 0.2) is 11.0 Å². The number of aliphatic imine (C=N–C) groups is 1. The Hall–Kier alpha value is -3.51. The summed E-state index contributed by atoms with van der Waals surface area (Å²) in [5, 5.41) is 3.37. The van der Waals surface area contributed by atoms with Gasteiger partial charge in [-0.2, -0.15) is 0 Å². The average molecular weight is 517 g/mol. The highest BCUT2D eigenvalue weighted by molar-refractivity contribution is 8.13. The van der Waals surface area contributed by atoms with Gasteiger partial charge in [0.25, 0.3) is 5.91 Å². The number of carbonyl (C=O) groups is 1. The van der Waals surface area contributed by atoms with Gasteiger partial charge in [-0.05, 0) is 17.7 Å². The standard InChI is InChI=1S/C22H21FN8O2S.ClH/c1-33-18-9-25-17(8-26-18)19(32)29-16-4-2-3-13(5-16)22-12-31(21-27-6-15(23)7-28-21)10-14(22)11-34-20(24)30-22;/h2-9,14H,10-12H2,1H3,(H2,24,30)(H,29,32);1H/t14-,22?;/m0./s1. The van der Waals surface area contributed by atoms with Crippen molar-refractivity contribution in [3.8, 4) is 5.88 Å². The van der Waals surface area contributed by atoms with Gasteiger partial charge in [0.05, 0.1) is 38.4 Å². The summed E-state index contributed by atoms with van der Waals surface area (Å²) in [5.74, 6) is 0.776. The molecule has 13 heteroatoms. The number of nitrogens with zero attached hydrogens (tertiary/aromatic N) is 6. The number of hydrogen-bond donors (Lipinski definition) is 2. The number of anilines is 2. The maximum absolute atomic E-state index is 13.3. The summed E-state index contributed by atoms with van der Waals surface area (Å²) < 4.78 is 18.3. The van der Waals surface area contributed by atoms with Crippen molar-refractivity contribution in [3.63, 3.8) is 0 Å². The van der Waals surface area contributed by atoms with Crippen LogP contribution in [0.25, 0.3) is 0 Å². The highest BCUT2D eigenvalue weighted by atomic mass is 35.5. The number of halogens is 2. The number of methoxy groups -OCH3 is 1. The molecule has 2 aliphatic rings. The lowest BCUT2D eigenvalue weighted by Crippen LogP contribution is -2.40. The van der Waals surface area contributed by atoms with Gasteiger partial charge in [0, 0.05) is 23.9 Å². The van der Waals surface area contributed by atoms with Crippen molar-refractivity contribution in [2.24, 2.45) is 16.6 Å². The van der Waals surface area contributed by atoms with Crippen molar-refractivity contribution in [1.82, 2.24) is 19.9 Å². The SMILES string of the molecule is COc1cnc(C(=O)Nc2cccc(C34CN(c5ncc(F)cn5)C[C@H]3CSC(N)=N4)c2)cn1.Cl. The molecule has 0 radical (unpaired) electrons. The molecule has 2 aliphatic heterocycles. The third-order valence-corrected chi connectivity index (χ3v) is 6.83. The average Bonchev–Trinajstić information content (AvgIpc) is 3.24. The predicted molar refractivity (Wildman–Crippen MR) is 134 cm³/mol. The summed E-state index contributed by atoms with van der Waals surface area (Å²) in [6.07, 6.45) is 5.05. The van der Waals surface area contributed by atoms with Crippen LogP contribution in [0.4, 0.5) is 16.0 Å². The Bertz CT molecular complexity index is 1250. The fourth-order valence-corrected chi connectivity index (χ4v) is 5.23. The maximum Gasteiger partial charge on any atom is 0.275 e. The Morgan fingerprint density at radius 2 is 2.03 bits per heavy atom. The van der Waals surface area contributed by atoms with Crippen molar-refractivity contribution in [3.05, 3.63) is 66.1 Å². The molecule has 1 unspecified atom stereocenters. The lowest BCUT2D eigenvalue weighted by molar-refractivity contribution is 0.102. The van der Waals surface area contributed by atoms with E-state index in [2.05, 4.69) is 25.3 Å². The molecular weight excluding hydrogens is 495 g/mol. The first-order valence-electron chi connectivity index (χ1n) is 10.5. The van der Waals surface area contributed by atoms with Gasteiger partial charge in [0.1, 0.15) is 11.2 Å². The summed E-state index contributed by atoms with van der Waals surface area (Å²) in [4.78, 5) is 35.9. The number of amides is 1. The maximum atomic E-state index is 13.3. The van der Waals surface area contributed by atoms with Crippen LogP contribution in [-0.2, 0) is 5.54 Å². The largest absolute Gasteiger partial charge is 0.480 e. The summed E-state index contributed by atoms with van der Waals surface area (Å²) in [6.45, 7) is 1.12. The van der Waals surface area contributed by atoms with Gasteiger partial charge >= 0.3 is 0 Å². The molecule has 10 nitrogen and oxygen atoms in total. The van der Waals surface area contributed by atoms with E-state index >= 15 is 0 Å². The van der Waals surface area contributed by atoms with Crippen molar-refractivity contribution in [1.29, 1.82) is 0 Å². The number of thioether (sulfide) groups is 1. The molecule has 5 rings (SSSR count). The van der Waals surface area contributed by atoms with E-state index in [4.69, 9.17) is 15.5 Å². The van der Waals surface area contributed by atoms with Crippen molar-refractivity contribution >= 4 is 46.9 Å². The normalized spacial score (nSPS) is 20.9. The molecule has 3 N–H and O–H groups in total. The first-order chi connectivity index (χ1) is 16.5. The third kappa shape index (κ3) is 4.84. The highest BCUT2D eigenvalue weighted by Gasteiger charge is 2.50. The number of rotatable bonds is 5. The molecule has 0 saturated carbocycles. The number of carbonyl (C=O) groups excluding carboxylic acids is 1. The van der Waals surface area contributed by atoms with Crippen LogP contribution in [0.2, 0.25) is 0 Å². The predicted octanol–water partition coefficient (Wildman–Crippen LogP) is 2.48. The molecule has 1 saturated heterocycles. The topological polar surface area (TPSA) is 132 Å². The quantitative estimate of drug-likeness (QED) is 0.524. The fraction of sp³-hybridized carbons (Fsp3) is 0.273. The molecule has 1 aromatic carbocycles. The monoisotopic (exact) mass is 516 g/mol. The molecule has 0 spiro atoms. The number of aromatic nitrogens is 4. The highest BCUT2D eigenvalue weighted by Crippen LogP contribution is 2.46.